The molecule has 0 bridgehead atoms. The van der Waals surface area contributed by atoms with Gasteiger partial charge in [0.15, 0.2) is 5.82 Å². The van der Waals surface area contributed by atoms with Crippen LogP contribution in [-0.4, -0.2) is 49.2 Å². The normalized spacial score (nSPS) is 11.5. The zero-order chi connectivity index (χ0) is 14.5. The molecule has 0 aliphatic heterocycles. The maximum Gasteiger partial charge on any atom is 0.246 e. The van der Waals surface area contributed by atoms with Crippen LogP contribution in [0.2, 0.25) is 0 Å². The summed E-state index contributed by atoms with van der Waals surface area (Å²) in [4.78, 5) is 17.1. The van der Waals surface area contributed by atoms with E-state index in [4.69, 9.17) is 4.52 Å². The fraction of sp³-hybridized carbons (Fsp3) is 0.700. The number of hydrogen-bond donors (Lipinski definition) is 1. The molecule has 8 nitrogen and oxygen atoms in total. The number of rotatable bonds is 7. The number of amides is 1. The predicted molar refractivity (Wildman–Crippen MR) is 67.6 cm³/mol. The number of nitrogens with one attached hydrogen (secondary N) is 1. The van der Waals surface area contributed by atoms with Gasteiger partial charge in [-0.1, -0.05) is 12.1 Å². The van der Waals surface area contributed by atoms with Crippen LogP contribution in [0.5, 0.6) is 0 Å². The Labute approximate surface area is 112 Å². The zero-order valence-electron chi connectivity index (χ0n) is 11.2. The van der Waals surface area contributed by atoms with Gasteiger partial charge < -0.3 is 9.42 Å². The Bertz CT molecular complexity index is 525. The molecule has 0 saturated heterocycles. The molecule has 0 aliphatic rings. The first-order chi connectivity index (χ1) is 8.81. The summed E-state index contributed by atoms with van der Waals surface area (Å²) in [5.74, 6) is 0.562. The number of hydrogen-bond acceptors (Lipinski definition) is 6. The van der Waals surface area contributed by atoms with Crippen LogP contribution in [0.25, 0.3) is 0 Å². The van der Waals surface area contributed by atoms with Crippen molar-refractivity contribution in [3.05, 3.63) is 11.7 Å². The molecule has 1 rings (SSSR count). The third kappa shape index (κ3) is 5.79. The fourth-order valence-corrected chi connectivity index (χ4v) is 1.68. The smallest absolute Gasteiger partial charge is 0.246 e. The van der Waals surface area contributed by atoms with Gasteiger partial charge in [-0.05, 0) is 6.42 Å². The van der Waals surface area contributed by atoms with Crippen molar-refractivity contribution in [1.82, 2.24) is 19.8 Å². The molecule has 1 aromatic rings. The SMILES string of the molecule is CCCc1noc(CN(C)C(=O)CNS(C)(=O)=O)n1. The highest BCUT2D eigenvalue weighted by atomic mass is 32.2. The van der Waals surface area contributed by atoms with Gasteiger partial charge in [-0.3, -0.25) is 4.79 Å². The molecular formula is C10H18N4O4S. The van der Waals surface area contributed by atoms with Crippen molar-refractivity contribution >= 4 is 15.9 Å². The van der Waals surface area contributed by atoms with Gasteiger partial charge in [0.05, 0.1) is 19.3 Å². The van der Waals surface area contributed by atoms with Crippen LogP contribution in [0.3, 0.4) is 0 Å². The summed E-state index contributed by atoms with van der Waals surface area (Å²) in [6, 6.07) is 0. The predicted octanol–water partition coefficient (Wildman–Crippen LogP) is -0.470. The quantitative estimate of drug-likeness (QED) is 0.727. The van der Waals surface area contributed by atoms with Gasteiger partial charge in [0.2, 0.25) is 21.8 Å². The maximum absolute atomic E-state index is 11.6. The van der Waals surface area contributed by atoms with Crippen LogP contribution in [0.1, 0.15) is 25.1 Å². The third-order valence-corrected chi connectivity index (χ3v) is 2.94. The van der Waals surface area contributed by atoms with Crippen LogP contribution in [0.4, 0.5) is 0 Å². The van der Waals surface area contributed by atoms with E-state index in [1.54, 1.807) is 0 Å². The lowest BCUT2D eigenvalue weighted by molar-refractivity contribution is -0.129. The Kier molecular flexibility index (Phi) is 5.43. The summed E-state index contributed by atoms with van der Waals surface area (Å²) in [7, 11) is -1.84. The molecule has 0 radical (unpaired) electrons. The molecule has 108 valence electrons. The number of likely N-dealkylation sites (N-methyl/N-ethyl adjacent to an activating group) is 1. The number of sulfonamides is 1. The lowest BCUT2D eigenvalue weighted by Gasteiger charge is -2.14. The third-order valence-electron chi connectivity index (χ3n) is 2.27. The second-order valence-electron chi connectivity index (χ2n) is 4.20. The van der Waals surface area contributed by atoms with Gasteiger partial charge in [-0.15, -0.1) is 0 Å². The molecule has 0 aromatic carbocycles. The second-order valence-corrected chi connectivity index (χ2v) is 6.03. The first-order valence-corrected chi connectivity index (χ1v) is 7.71. The number of carbonyl (C=O) groups excluding carboxylic acids is 1. The number of nitrogens with zero attached hydrogens (tertiary/aromatic N) is 3. The number of aryl methyl sites for hydroxylation is 1. The largest absolute Gasteiger partial charge is 0.337 e. The van der Waals surface area contributed by atoms with E-state index >= 15 is 0 Å². The molecule has 19 heavy (non-hydrogen) atoms. The van der Waals surface area contributed by atoms with Crippen LogP contribution in [0, 0.1) is 0 Å². The van der Waals surface area contributed by atoms with Gasteiger partial charge in [0, 0.05) is 13.5 Å². The summed E-state index contributed by atoms with van der Waals surface area (Å²) in [5.41, 5.74) is 0. The van der Waals surface area contributed by atoms with Crippen molar-refractivity contribution in [2.75, 3.05) is 19.8 Å². The average Bonchev–Trinajstić information content (AvgIpc) is 2.73. The summed E-state index contributed by atoms with van der Waals surface area (Å²) in [5, 5.41) is 3.77. The Hall–Kier alpha value is -1.48. The van der Waals surface area contributed by atoms with Crippen LogP contribution >= 0.6 is 0 Å². The van der Waals surface area contributed by atoms with Crippen molar-refractivity contribution in [2.24, 2.45) is 0 Å². The van der Waals surface area contributed by atoms with Gasteiger partial charge in [0.1, 0.15) is 0 Å². The minimum atomic E-state index is -3.38. The molecule has 1 amide bonds. The van der Waals surface area contributed by atoms with E-state index in [2.05, 4.69) is 14.9 Å². The molecule has 1 N–H and O–H groups in total. The number of aromatic nitrogens is 2. The fourth-order valence-electron chi connectivity index (χ4n) is 1.30. The van der Waals surface area contributed by atoms with Gasteiger partial charge >= 0.3 is 0 Å². The van der Waals surface area contributed by atoms with Crippen molar-refractivity contribution in [3.8, 4) is 0 Å². The molecule has 0 atom stereocenters. The van der Waals surface area contributed by atoms with Crippen molar-refractivity contribution < 1.29 is 17.7 Å². The molecule has 0 spiro atoms. The second kappa shape index (κ2) is 6.62. The maximum atomic E-state index is 11.6. The zero-order valence-corrected chi connectivity index (χ0v) is 12.0. The molecular weight excluding hydrogens is 272 g/mol. The van der Waals surface area contributed by atoms with E-state index in [1.165, 1.54) is 11.9 Å². The first-order valence-electron chi connectivity index (χ1n) is 5.82. The summed E-state index contributed by atoms with van der Waals surface area (Å²) < 4.78 is 28.9. The molecule has 1 aromatic heterocycles. The summed E-state index contributed by atoms with van der Waals surface area (Å²) >= 11 is 0. The molecule has 0 aliphatic carbocycles. The summed E-state index contributed by atoms with van der Waals surface area (Å²) in [6.45, 7) is 1.87. The molecule has 0 unspecified atom stereocenters. The van der Waals surface area contributed by atoms with Crippen LogP contribution < -0.4 is 4.72 Å². The minimum Gasteiger partial charge on any atom is -0.337 e. The lowest BCUT2D eigenvalue weighted by atomic mass is 10.3. The topological polar surface area (TPSA) is 105 Å². The Morgan fingerprint density at radius 2 is 2.16 bits per heavy atom. The van der Waals surface area contributed by atoms with Crippen LogP contribution in [0.15, 0.2) is 4.52 Å². The highest BCUT2D eigenvalue weighted by molar-refractivity contribution is 7.88. The highest BCUT2D eigenvalue weighted by Gasteiger charge is 2.15. The van der Waals surface area contributed by atoms with Crippen LogP contribution in [-0.2, 0) is 27.8 Å². The van der Waals surface area contributed by atoms with E-state index in [0.29, 0.717) is 11.7 Å². The molecule has 0 saturated carbocycles. The Morgan fingerprint density at radius 1 is 1.47 bits per heavy atom. The Morgan fingerprint density at radius 3 is 2.74 bits per heavy atom. The molecule has 9 heteroatoms. The molecule has 1 heterocycles. The van der Waals surface area contributed by atoms with E-state index in [1.807, 2.05) is 6.92 Å². The first kappa shape index (κ1) is 15.6. The Balaban J connectivity index is 2.48. The van der Waals surface area contributed by atoms with E-state index in [-0.39, 0.29) is 19.0 Å². The van der Waals surface area contributed by atoms with Gasteiger partial charge in [-0.25, -0.2) is 13.1 Å². The minimum absolute atomic E-state index is 0.154. The number of carbonyl (C=O) groups is 1. The average molecular weight is 290 g/mol. The van der Waals surface area contributed by atoms with Crippen molar-refractivity contribution in [3.63, 3.8) is 0 Å². The standard InChI is InChI=1S/C10H18N4O4S/c1-4-5-8-12-9(18-13-8)7-14(2)10(15)6-11-19(3,16)17/h11H,4-7H2,1-3H3. The summed E-state index contributed by atoms with van der Waals surface area (Å²) in [6.07, 6.45) is 2.62. The van der Waals surface area contributed by atoms with E-state index < -0.39 is 10.0 Å². The lowest BCUT2D eigenvalue weighted by Crippen LogP contribution is -2.37. The van der Waals surface area contributed by atoms with Crippen molar-refractivity contribution in [2.45, 2.75) is 26.3 Å². The highest BCUT2D eigenvalue weighted by Crippen LogP contribution is 2.03. The molecule has 0 fully saturated rings. The van der Waals surface area contributed by atoms with Crippen molar-refractivity contribution in [1.29, 1.82) is 0 Å². The van der Waals surface area contributed by atoms with E-state index in [0.717, 1.165) is 19.1 Å². The monoisotopic (exact) mass is 290 g/mol. The van der Waals surface area contributed by atoms with E-state index in [9.17, 15) is 13.2 Å². The van der Waals surface area contributed by atoms with Gasteiger partial charge in [0.25, 0.3) is 0 Å². The van der Waals surface area contributed by atoms with Gasteiger partial charge in [-0.2, -0.15) is 4.98 Å².